The van der Waals surface area contributed by atoms with Gasteiger partial charge in [0.1, 0.15) is 0 Å². The molecule has 1 heterocycles. The van der Waals surface area contributed by atoms with Gasteiger partial charge < -0.3 is 10.6 Å². The van der Waals surface area contributed by atoms with Crippen molar-refractivity contribution in [1.82, 2.24) is 10.6 Å². The molecule has 114 valence electrons. The van der Waals surface area contributed by atoms with Crippen LogP contribution in [0.15, 0.2) is 36.4 Å². The lowest BCUT2D eigenvalue weighted by atomic mass is 9.68. The highest BCUT2D eigenvalue weighted by Gasteiger charge is 2.49. The van der Waals surface area contributed by atoms with E-state index in [0.717, 1.165) is 29.7 Å². The third-order valence-corrected chi connectivity index (χ3v) is 5.54. The van der Waals surface area contributed by atoms with Crippen molar-refractivity contribution in [3.63, 3.8) is 0 Å². The van der Waals surface area contributed by atoms with Gasteiger partial charge in [0.25, 0.3) is 5.91 Å². The molecule has 2 aromatic carbocycles. The lowest BCUT2D eigenvalue weighted by molar-refractivity contribution is 0.0880. The zero-order valence-electron chi connectivity index (χ0n) is 12.4. The number of hydrogen-bond donors (Lipinski definition) is 2. The Morgan fingerprint density at radius 3 is 2.95 bits per heavy atom. The van der Waals surface area contributed by atoms with E-state index in [1.165, 1.54) is 12.8 Å². The summed E-state index contributed by atoms with van der Waals surface area (Å²) in [7, 11) is 0. The molecule has 0 bridgehead atoms. The van der Waals surface area contributed by atoms with Crippen molar-refractivity contribution in [2.24, 2.45) is 5.92 Å². The van der Waals surface area contributed by atoms with Crippen molar-refractivity contribution < 1.29 is 4.79 Å². The van der Waals surface area contributed by atoms with Crippen LogP contribution in [0, 0.1) is 5.92 Å². The van der Waals surface area contributed by atoms with Crippen LogP contribution in [0.2, 0.25) is 5.02 Å². The molecular weight excluding hydrogens is 296 g/mol. The van der Waals surface area contributed by atoms with Gasteiger partial charge in [0.15, 0.2) is 0 Å². The molecule has 4 heteroatoms. The van der Waals surface area contributed by atoms with E-state index in [2.05, 4.69) is 10.6 Å². The molecule has 22 heavy (non-hydrogen) atoms. The topological polar surface area (TPSA) is 41.1 Å². The largest absolute Gasteiger partial charge is 0.350 e. The Labute approximate surface area is 135 Å². The van der Waals surface area contributed by atoms with Gasteiger partial charge in [0.05, 0.1) is 0 Å². The molecule has 1 amide bonds. The van der Waals surface area contributed by atoms with Crippen LogP contribution < -0.4 is 10.6 Å². The average Bonchev–Trinajstić information content (AvgIpc) is 2.79. The van der Waals surface area contributed by atoms with Crippen LogP contribution in [0.3, 0.4) is 0 Å². The minimum Gasteiger partial charge on any atom is -0.350 e. The Hall–Kier alpha value is -1.58. The van der Waals surface area contributed by atoms with E-state index in [1.807, 2.05) is 30.3 Å². The Morgan fingerprint density at radius 2 is 2.18 bits per heavy atom. The Kier molecular flexibility index (Phi) is 3.35. The number of hydrogen-bond acceptors (Lipinski definition) is 2. The fraction of sp³-hybridized carbons (Fsp3) is 0.389. The van der Waals surface area contributed by atoms with Gasteiger partial charge in [0, 0.05) is 22.7 Å². The maximum absolute atomic E-state index is 12.6. The van der Waals surface area contributed by atoms with Crippen molar-refractivity contribution in [1.29, 1.82) is 0 Å². The summed E-state index contributed by atoms with van der Waals surface area (Å²) >= 11 is 6.16. The molecule has 4 rings (SSSR count). The second-order valence-electron chi connectivity index (χ2n) is 6.46. The van der Waals surface area contributed by atoms with Crippen molar-refractivity contribution in [2.75, 3.05) is 13.1 Å². The van der Waals surface area contributed by atoms with Gasteiger partial charge in [-0.15, -0.1) is 0 Å². The maximum atomic E-state index is 12.6. The van der Waals surface area contributed by atoms with Crippen molar-refractivity contribution in [3.8, 4) is 0 Å². The zero-order chi connectivity index (χ0) is 15.2. The number of nitrogens with one attached hydrogen (secondary N) is 2. The number of rotatable bonds is 3. The molecule has 2 aliphatic rings. The predicted octanol–water partition coefficient (Wildman–Crippen LogP) is 3.37. The third kappa shape index (κ3) is 2.20. The quantitative estimate of drug-likeness (QED) is 0.912. The SMILES string of the molecule is O=C(NCC12CCC1CCN2)c1cc(Cl)cc2ccccc12. The molecule has 2 unspecified atom stereocenters. The lowest BCUT2D eigenvalue weighted by Gasteiger charge is -2.45. The number of benzene rings is 2. The van der Waals surface area contributed by atoms with Crippen LogP contribution in [0.4, 0.5) is 0 Å². The van der Waals surface area contributed by atoms with E-state index in [0.29, 0.717) is 17.1 Å². The molecule has 1 saturated heterocycles. The summed E-state index contributed by atoms with van der Waals surface area (Å²) in [6.45, 7) is 1.78. The Balaban J connectivity index is 1.58. The molecule has 1 aliphatic heterocycles. The Bertz CT molecular complexity index is 745. The van der Waals surface area contributed by atoms with Crippen LogP contribution >= 0.6 is 11.6 Å². The first-order valence-corrected chi connectivity index (χ1v) is 8.27. The van der Waals surface area contributed by atoms with Crippen LogP contribution in [0.1, 0.15) is 29.6 Å². The summed E-state index contributed by atoms with van der Waals surface area (Å²) < 4.78 is 0. The molecular formula is C18H19ClN2O. The number of amides is 1. The minimum absolute atomic E-state index is 0.0348. The summed E-state index contributed by atoms with van der Waals surface area (Å²) in [5.41, 5.74) is 0.803. The van der Waals surface area contributed by atoms with Crippen molar-refractivity contribution in [2.45, 2.75) is 24.8 Å². The molecule has 0 spiro atoms. The lowest BCUT2D eigenvalue weighted by Crippen LogP contribution is -2.59. The predicted molar refractivity (Wildman–Crippen MR) is 89.4 cm³/mol. The van der Waals surface area contributed by atoms with Gasteiger partial charge in [0.2, 0.25) is 0 Å². The van der Waals surface area contributed by atoms with E-state index in [-0.39, 0.29) is 11.4 Å². The second-order valence-corrected chi connectivity index (χ2v) is 6.90. The molecule has 2 atom stereocenters. The first-order chi connectivity index (χ1) is 10.7. The van der Waals surface area contributed by atoms with E-state index >= 15 is 0 Å². The highest BCUT2D eigenvalue weighted by Crippen LogP contribution is 2.44. The van der Waals surface area contributed by atoms with Gasteiger partial charge in [-0.25, -0.2) is 0 Å². The molecule has 3 nitrogen and oxygen atoms in total. The summed E-state index contributed by atoms with van der Waals surface area (Å²) in [6, 6.07) is 11.5. The molecule has 2 fully saturated rings. The smallest absolute Gasteiger partial charge is 0.252 e. The first kappa shape index (κ1) is 14.0. The van der Waals surface area contributed by atoms with Crippen molar-refractivity contribution in [3.05, 3.63) is 47.0 Å². The van der Waals surface area contributed by atoms with Gasteiger partial charge in [-0.2, -0.15) is 0 Å². The first-order valence-electron chi connectivity index (χ1n) is 7.89. The van der Waals surface area contributed by atoms with Crippen LogP contribution in [0.5, 0.6) is 0 Å². The van der Waals surface area contributed by atoms with Gasteiger partial charge >= 0.3 is 0 Å². The summed E-state index contributed by atoms with van der Waals surface area (Å²) in [6.07, 6.45) is 3.67. The number of carbonyl (C=O) groups excluding carboxylic acids is 1. The summed E-state index contributed by atoms with van der Waals surface area (Å²) in [4.78, 5) is 12.6. The van der Waals surface area contributed by atoms with E-state index < -0.39 is 0 Å². The summed E-state index contributed by atoms with van der Waals surface area (Å²) in [5, 5.41) is 9.26. The normalized spacial score (nSPS) is 26.5. The second kappa shape index (κ2) is 5.25. The maximum Gasteiger partial charge on any atom is 0.252 e. The number of carbonyl (C=O) groups is 1. The highest BCUT2D eigenvalue weighted by atomic mass is 35.5. The van der Waals surface area contributed by atoms with Crippen LogP contribution in [-0.4, -0.2) is 24.5 Å². The van der Waals surface area contributed by atoms with E-state index in [9.17, 15) is 4.79 Å². The number of halogens is 1. The van der Waals surface area contributed by atoms with Crippen LogP contribution in [0.25, 0.3) is 10.8 Å². The van der Waals surface area contributed by atoms with Gasteiger partial charge in [-0.3, -0.25) is 4.79 Å². The molecule has 1 saturated carbocycles. The van der Waals surface area contributed by atoms with Gasteiger partial charge in [-0.05, 0) is 54.6 Å². The average molecular weight is 315 g/mol. The zero-order valence-corrected chi connectivity index (χ0v) is 13.1. The molecule has 2 N–H and O–H groups in total. The highest BCUT2D eigenvalue weighted by molar-refractivity contribution is 6.32. The fourth-order valence-electron chi connectivity index (χ4n) is 3.94. The summed E-state index contributed by atoms with van der Waals surface area (Å²) in [5.74, 6) is 0.691. The van der Waals surface area contributed by atoms with E-state index in [4.69, 9.17) is 11.6 Å². The molecule has 0 radical (unpaired) electrons. The van der Waals surface area contributed by atoms with Crippen LogP contribution in [-0.2, 0) is 0 Å². The van der Waals surface area contributed by atoms with Crippen molar-refractivity contribution >= 4 is 28.3 Å². The molecule has 2 aromatic rings. The molecule has 1 aliphatic carbocycles. The Morgan fingerprint density at radius 1 is 1.32 bits per heavy atom. The standard InChI is InChI=1S/C18H19ClN2O/c19-14-9-12-3-1-2-4-15(12)16(10-14)17(22)20-11-18-7-5-13(18)6-8-21-18/h1-4,9-10,13,21H,5-8,11H2,(H,20,22). The van der Waals surface area contributed by atoms with E-state index in [1.54, 1.807) is 6.07 Å². The number of fused-ring (bicyclic) bond motifs is 2. The monoisotopic (exact) mass is 314 g/mol. The fourth-order valence-corrected chi connectivity index (χ4v) is 4.16. The van der Waals surface area contributed by atoms with Gasteiger partial charge in [-0.1, -0.05) is 35.9 Å². The third-order valence-electron chi connectivity index (χ3n) is 5.33. The minimum atomic E-state index is -0.0348. The molecule has 0 aromatic heterocycles.